The van der Waals surface area contributed by atoms with Gasteiger partial charge in [-0.2, -0.15) is 0 Å². The summed E-state index contributed by atoms with van der Waals surface area (Å²) in [7, 11) is 0. The van der Waals surface area contributed by atoms with Gasteiger partial charge in [-0.1, -0.05) is 30.3 Å². The average molecular weight is 367 g/mol. The number of ketones is 1. The molecule has 1 saturated heterocycles. The van der Waals surface area contributed by atoms with Crippen LogP contribution in [-0.2, 0) is 19.1 Å². The predicted octanol–water partition coefficient (Wildman–Crippen LogP) is 2.69. The van der Waals surface area contributed by atoms with E-state index in [-0.39, 0.29) is 5.25 Å². The van der Waals surface area contributed by atoms with Gasteiger partial charge in [-0.05, 0) is 26.3 Å². The maximum Gasteiger partial charge on any atom is 0.313 e. The first-order chi connectivity index (χ1) is 11.1. The zero-order valence-corrected chi connectivity index (χ0v) is 15.5. The number of carbonyl (C=O) groups is 3. The van der Waals surface area contributed by atoms with E-state index >= 15 is 0 Å². The van der Waals surface area contributed by atoms with Gasteiger partial charge in [-0.15, -0.1) is 23.5 Å². The van der Waals surface area contributed by atoms with Gasteiger partial charge in [0, 0.05) is 11.0 Å². The normalized spacial score (nSPS) is 23.7. The number of hydrogen-bond acceptors (Lipinski definition) is 6. The van der Waals surface area contributed by atoms with Gasteiger partial charge in [-0.3, -0.25) is 14.4 Å². The monoisotopic (exact) mass is 367 g/mol. The van der Waals surface area contributed by atoms with E-state index in [4.69, 9.17) is 10.5 Å². The molecule has 1 aliphatic heterocycles. The minimum atomic E-state index is -1.43. The van der Waals surface area contributed by atoms with Crippen LogP contribution >= 0.6 is 23.5 Å². The molecule has 2 atom stereocenters. The van der Waals surface area contributed by atoms with Gasteiger partial charge in [0.1, 0.15) is 12.0 Å². The lowest BCUT2D eigenvalue weighted by Crippen LogP contribution is -2.44. The van der Waals surface area contributed by atoms with E-state index < -0.39 is 33.8 Å². The predicted molar refractivity (Wildman–Crippen MR) is 96.6 cm³/mol. The highest BCUT2D eigenvalue weighted by Gasteiger charge is 2.52. The number of carbonyl (C=O) groups excluding carboxylic acids is 3. The largest absolute Gasteiger partial charge is 0.460 e. The lowest BCUT2D eigenvalue weighted by molar-refractivity contribution is -0.156. The maximum absolute atomic E-state index is 12.6. The molecule has 0 aliphatic carbocycles. The highest BCUT2D eigenvalue weighted by molar-refractivity contribution is 8.23. The molecular weight excluding hydrogens is 346 g/mol. The molecule has 1 aromatic carbocycles. The van der Waals surface area contributed by atoms with Gasteiger partial charge in [0.2, 0.25) is 0 Å². The lowest BCUT2D eigenvalue weighted by Gasteiger charge is -2.24. The zero-order valence-electron chi connectivity index (χ0n) is 13.9. The van der Waals surface area contributed by atoms with Crippen molar-refractivity contribution in [2.45, 2.75) is 42.1 Å². The van der Waals surface area contributed by atoms with E-state index in [2.05, 4.69) is 0 Å². The van der Waals surface area contributed by atoms with E-state index in [1.54, 1.807) is 20.8 Å². The van der Waals surface area contributed by atoms with Crippen LogP contribution in [-0.4, -0.2) is 33.1 Å². The molecule has 1 aliphatic rings. The van der Waals surface area contributed by atoms with Crippen LogP contribution in [0.5, 0.6) is 0 Å². The fraction of sp³-hybridized carbons (Fsp3) is 0.471. The second kappa shape index (κ2) is 7.19. The van der Waals surface area contributed by atoms with Crippen molar-refractivity contribution in [2.75, 3.05) is 5.75 Å². The van der Waals surface area contributed by atoms with Gasteiger partial charge < -0.3 is 10.5 Å². The third-order valence-corrected chi connectivity index (χ3v) is 7.01. The minimum Gasteiger partial charge on any atom is -0.460 e. The van der Waals surface area contributed by atoms with E-state index in [1.165, 1.54) is 23.5 Å². The highest BCUT2D eigenvalue weighted by Crippen LogP contribution is 2.55. The summed E-state index contributed by atoms with van der Waals surface area (Å²) >= 11 is 2.42. The molecule has 1 fully saturated rings. The molecule has 0 spiro atoms. The third-order valence-electron chi connectivity index (χ3n) is 3.33. The molecule has 2 N–H and O–H groups in total. The summed E-state index contributed by atoms with van der Waals surface area (Å²) in [4.78, 5) is 36.6. The molecule has 0 saturated carbocycles. The van der Waals surface area contributed by atoms with Crippen LogP contribution in [0.25, 0.3) is 0 Å². The van der Waals surface area contributed by atoms with Crippen molar-refractivity contribution in [3.63, 3.8) is 0 Å². The number of ether oxygens (including phenoxy) is 1. The maximum atomic E-state index is 12.6. The molecule has 0 aromatic heterocycles. The number of primary amides is 1. The molecule has 1 unspecified atom stereocenters. The number of benzene rings is 1. The van der Waals surface area contributed by atoms with Gasteiger partial charge >= 0.3 is 5.97 Å². The van der Waals surface area contributed by atoms with Crippen molar-refractivity contribution in [3.05, 3.63) is 35.9 Å². The highest BCUT2D eigenvalue weighted by atomic mass is 32.2. The molecule has 1 amide bonds. The van der Waals surface area contributed by atoms with Gasteiger partial charge in [0.05, 0.1) is 0 Å². The summed E-state index contributed by atoms with van der Waals surface area (Å²) in [6, 6.07) is 9.63. The van der Waals surface area contributed by atoms with Crippen LogP contribution in [0.15, 0.2) is 30.3 Å². The summed E-state index contributed by atoms with van der Waals surface area (Å²) in [6.07, 6.45) is -0.457. The zero-order chi connectivity index (χ0) is 18.0. The number of esters is 1. The quantitative estimate of drug-likeness (QED) is 0.636. The molecule has 1 aromatic rings. The van der Waals surface area contributed by atoms with Gasteiger partial charge in [0.25, 0.3) is 5.91 Å². The Morgan fingerprint density at radius 2 is 1.88 bits per heavy atom. The van der Waals surface area contributed by atoms with E-state index in [0.717, 1.165) is 5.56 Å². The van der Waals surface area contributed by atoms with E-state index in [9.17, 15) is 14.4 Å². The van der Waals surface area contributed by atoms with Crippen molar-refractivity contribution in [3.8, 4) is 0 Å². The van der Waals surface area contributed by atoms with E-state index in [0.29, 0.717) is 5.75 Å². The molecule has 7 heteroatoms. The summed E-state index contributed by atoms with van der Waals surface area (Å²) < 4.78 is 3.74. The van der Waals surface area contributed by atoms with E-state index in [1.807, 2.05) is 30.3 Å². The first kappa shape index (κ1) is 18.9. The molecule has 0 bridgehead atoms. The Morgan fingerprint density at radius 1 is 1.25 bits per heavy atom. The fourth-order valence-corrected chi connectivity index (χ4v) is 5.60. The molecule has 130 valence electrons. The van der Waals surface area contributed by atoms with Crippen LogP contribution in [0.4, 0.5) is 0 Å². The Hall–Kier alpha value is -1.47. The molecule has 5 nitrogen and oxygen atoms in total. The topological polar surface area (TPSA) is 86.5 Å². The Balaban J connectivity index is 2.13. The van der Waals surface area contributed by atoms with Crippen LogP contribution in [0.2, 0.25) is 0 Å². The average Bonchev–Trinajstić information content (AvgIpc) is 2.92. The van der Waals surface area contributed by atoms with Gasteiger partial charge in [0.15, 0.2) is 9.86 Å². The van der Waals surface area contributed by atoms with Crippen LogP contribution in [0.3, 0.4) is 0 Å². The fourth-order valence-electron chi connectivity index (χ4n) is 2.33. The van der Waals surface area contributed by atoms with Crippen molar-refractivity contribution in [2.24, 2.45) is 5.73 Å². The molecule has 2 rings (SSSR count). The Labute approximate surface area is 150 Å². The molecule has 1 heterocycles. The van der Waals surface area contributed by atoms with Gasteiger partial charge in [-0.25, -0.2) is 0 Å². The smallest absolute Gasteiger partial charge is 0.313 e. The Bertz CT molecular complexity index is 642. The van der Waals surface area contributed by atoms with Crippen molar-refractivity contribution < 1.29 is 19.1 Å². The number of Topliss-reactive ketones (excluding diaryl/α,β-unsaturated/α-hetero) is 1. The molecule has 0 radical (unpaired) electrons. The van der Waals surface area contributed by atoms with Crippen molar-refractivity contribution in [1.82, 2.24) is 0 Å². The van der Waals surface area contributed by atoms with Crippen molar-refractivity contribution in [1.29, 1.82) is 0 Å². The first-order valence-corrected chi connectivity index (χ1v) is 9.42. The first-order valence-electron chi connectivity index (χ1n) is 7.56. The second-order valence-electron chi connectivity index (χ2n) is 6.50. The number of rotatable bonds is 5. The summed E-state index contributed by atoms with van der Waals surface area (Å²) in [6.45, 7) is 5.18. The number of amides is 1. The summed E-state index contributed by atoms with van der Waals surface area (Å²) in [5.74, 6) is -1.28. The minimum absolute atomic E-state index is 0.0220. The number of hydrogen-bond donors (Lipinski definition) is 1. The summed E-state index contributed by atoms with van der Waals surface area (Å²) in [5.41, 5.74) is 5.87. The molecule has 24 heavy (non-hydrogen) atoms. The number of nitrogens with two attached hydrogens (primary N) is 1. The Morgan fingerprint density at radius 3 is 2.42 bits per heavy atom. The molecular formula is C17H21NO4S2. The van der Waals surface area contributed by atoms with Crippen molar-refractivity contribution >= 4 is 41.2 Å². The van der Waals surface area contributed by atoms with Crippen LogP contribution in [0.1, 0.15) is 38.0 Å². The number of thioether (sulfide) groups is 2. The lowest BCUT2D eigenvalue weighted by atomic mass is 10.1. The Kier molecular flexibility index (Phi) is 5.65. The SMILES string of the molecule is CC(C)(C)OC(=O)CC(=O)[C@@]1(C(N)=O)SCC(c2ccccc2)S1. The second-order valence-corrected chi connectivity index (χ2v) is 9.41. The van der Waals surface area contributed by atoms with Crippen LogP contribution < -0.4 is 5.73 Å². The van der Waals surface area contributed by atoms with Crippen LogP contribution in [0, 0.1) is 0 Å². The standard InChI is InChI=1S/C17H21NO4S2/c1-16(2,3)22-14(20)9-13(19)17(15(18)21)23-10-12(24-17)11-7-5-4-6-8-11/h4-8,12H,9-10H2,1-3H3,(H2,18,21)/t12?,17-/m1/s1. The summed E-state index contributed by atoms with van der Waals surface area (Å²) in [5, 5.41) is -0.0220. The third kappa shape index (κ3) is 4.33.